The first-order valence-electron chi connectivity index (χ1n) is 6.80. The summed E-state index contributed by atoms with van der Waals surface area (Å²) in [6.45, 7) is 0. The average molecular weight is 342 g/mol. The lowest BCUT2D eigenvalue weighted by atomic mass is 9.64. The third kappa shape index (κ3) is 2.91. The first-order valence-corrected chi connectivity index (χ1v) is 6.80. The van der Waals surface area contributed by atoms with Crippen LogP contribution in [0.4, 0.5) is 13.2 Å². The standard InChI is InChI=1S/C16H13F3O5/c1-23-14(21)9-10(13(20)8-6-4-3-5-7-8)12(16(17,18)19)11(9)15(22)24-2/h3-7,9-10H,1-2H3/t9-,10-/m1/s1. The van der Waals surface area contributed by atoms with Crippen molar-refractivity contribution in [2.75, 3.05) is 14.2 Å². The fourth-order valence-electron chi connectivity index (χ4n) is 2.69. The lowest BCUT2D eigenvalue weighted by molar-refractivity contribution is -0.154. The summed E-state index contributed by atoms with van der Waals surface area (Å²) < 4.78 is 48.8. The number of hydrogen-bond acceptors (Lipinski definition) is 5. The number of hydrogen-bond donors (Lipinski definition) is 0. The van der Waals surface area contributed by atoms with Crippen molar-refractivity contribution in [3.05, 3.63) is 47.0 Å². The molecule has 1 aromatic carbocycles. The van der Waals surface area contributed by atoms with Gasteiger partial charge >= 0.3 is 18.1 Å². The summed E-state index contributed by atoms with van der Waals surface area (Å²) in [6.07, 6.45) is -4.96. The van der Waals surface area contributed by atoms with Crippen molar-refractivity contribution in [3.63, 3.8) is 0 Å². The van der Waals surface area contributed by atoms with Gasteiger partial charge in [-0.1, -0.05) is 30.3 Å². The van der Waals surface area contributed by atoms with Gasteiger partial charge in [0.25, 0.3) is 0 Å². The van der Waals surface area contributed by atoms with Gasteiger partial charge in [-0.15, -0.1) is 0 Å². The van der Waals surface area contributed by atoms with E-state index in [0.29, 0.717) is 0 Å². The molecule has 24 heavy (non-hydrogen) atoms. The number of carbonyl (C=O) groups is 3. The summed E-state index contributed by atoms with van der Waals surface area (Å²) in [5.41, 5.74) is -2.24. The smallest absolute Gasteiger partial charge is 0.413 e. The highest BCUT2D eigenvalue weighted by Crippen LogP contribution is 2.51. The van der Waals surface area contributed by atoms with Crippen molar-refractivity contribution in [1.29, 1.82) is 0 Å². The minimum absolute atomic E-state index is 0.00192. The monoisotopic (exact) mass is 342 g/mol. The maximum absolute atomic E-state index is 13.3. The van der Waals surface area contributed by atoms with Crippen molar-refractivity contribution in [1.82, 2.24) is 0 Å². The Kier molecular flexibility index (Phi) is 4.77. The summed E-state index contributed by atoms with van der Waals surface area (Å²) in [5.74, 6) is -6.81. The molecule has 0 radical (unpaired) electrons. The second-order valence-electron chi connectivity index (χ2n) is 5.03. The molecule has 1 aliphatic carbocycles. The lowest BCUT2D eigenvalue weighted by Crippen LogP contribution is -2.49. The second kappa shape index (κ2) is 6.46. The van der Waals surface area contributed by atoms with Gasteiger partial charge < -0.3 is 9.47 Å². The van der Waals surface area contributed by atoms with E-state index in [0.717, 1.165) is 14.2 Å². The number of methoxy groups -OCH3 is 2. The maximum Gasteiger partial charge on any atom is 0.413 e. The van der Waals surface area contributed by atoms with Gasteiger partial charge in [0.2, 0.25) is 0 Å². The van der Waals surface area contributed by atoms with Crippen molar-refractivity contribution >= 4 is 17.7 Å². The third-order valence-electron chi connectivity index (χ3n) is 3.75. The van der Waals surface area contributed by atoms with Crippen LogP contribution in [0.15, 0.2) is 41.5 Å². The van der Waals surface area contributed by atoms with E-state index in [2.05, 4.69) is 9.47 Å². The number of ether oxygens (including phenoxy) is 2. The van der Waals surface area contributed by atoms with E-state index in [1.54, 1.807) is 6.07 Å². The van der Waals surface area contributed by atoms with E-state index in [1.807, 2.05) is 0 Å². The van der Waals surface area contributed by atoms with Crippen LogP contribution in [-0.2, 0) is 19.1 Å². The number of benzene rings is 1. The molecule has 0 saturated heterocycles. The second-order valence-corrected chi connectivity index (χ2v) is 5.03. The zero-order chi connectivity index (χ0) is 18.1. The first kappa shape index (κ1) is 17.7. The van der Waals surface area contributed by atoms with E-state index in [9.17, 15) is 27.6 Å². The number of carbonyl (C=O) groups excluding carboxylic acids is 3. The zero-order valence-electron chi connectivity index (χ0n) is 12.7. The van der Waals surface area contributed by atoms with Crippen molar-refractivity contribution in [2.45, 2.75) is 6.18 Å². The van der Waals surface area contributed by atoms with Crippen LogP contribution in [0.25, 0.3) is 0 Å². The minimum atomic E-state index is -4.96. The van der Waals surface area contributed by atoms with E-state index in [4.69, 9.17) is 0 Å². The van der Waals surface area contributed by atoms with Gasteiger partial charge in [0, 0.05) is 5.56 Å². The molecule has 0 saturated carbocycles. The Morgan fingerprint density at radius 3 is 2.00 bits per heavy atom. The number of allylic oxidation sites excluding steroid dienone is 1. The molecule has 0 fully saturated rings. The molecule has 0 aromatic heterocycles. The molecule has 0 spiro atoms. The molecule has 0 heterocycles. The molecular weight excluding hydrogens is 329 g/mol. The zero-order valence-corrected chi connectivity index (χ0v) is 12.7. The summed E-state index contributed by atoms with van der Waals surface area (Å²) in [6, 6.07) is 7.23. The molecule has 0 amide bonds. The van der Waals surface area contributed by atoms with Crippen LogP contribution in [0.5, 0.6) is 0 Å². The lowest BCUT2D eigenvalue weighted by Gasteiger charge is -2.38. The van der Waals surface area contributed by atoms with Gasteiger partial charge in [0.05, 0.1) is 31.3 Å². The van der Waals surface area contributed by atoms with Crippen molar-refractivity contribution in [2.24, 2.45) is 11.8 Å². The van der Waals surface area contributed by atoms with Crippen molar-refractivity contribution < 1.29 is 37.0 Å². The van der Waals surface area contributed by atoms with Gasteiger partial charge in [-0.2, -0.15) is 13.2 Å². The molecule has 1 aliphatic rings. The molecule has 0 unspecified atom stereocenters. The fraction of sp³-hybridized carbons (Fsp3) is 0.312. The molecule has 1 aromatic rings. The summed E-state index contributed by atoms with van der Waals surface area (Å²) >= 11 is 0. The molecule has 5 nitrogen and oxygen atoms in total. The molecule has 0 aliphatic heterocycles. The molecule has 2 rings (SSSR count). The van der Waals surface area contributed by atoms with Crippen LogP contribution in [0.3, 0.4) is 0 Å². The first-order chi connectivity index (χ1) is 11.2. The van der Waals surface area contributed by atoms with Crippen LogP contribution in [0.2, 0.25) is 0 Å². The van der Waals surface area contributed by atoms with E-state index < -0.39 is 46.9 Å². The van der Waals surface area contributed by atoms with Gasteiger partial charge in [-0.25, -0.2) is 4.79 Å². The Labute approximate surface area is 135 Å². The number of ketones is 1. The SMILES string of the molecule is COC(=O)C1=C(C(F)(F)F)[C@H](C(=O)c2ccccc2)[C@H]1C(=O)OC. The molecular formula is C16H13F3O5. The van der Waals surface area contributed by atoms with Crippen molar-refractivity contribution in [3.8, 4) is 0 Å². The highest BCUT2D eigenvalue weighted by atomic mass is 19.4. The third-order valence-corrected chi connectivity index (χ3v) is 3.75. The maximum atomic E-state index is 13.3. The quantitative estimate of drug-likeness (QED) is 0.620. The Bertz CT molecular complexity index is 706. The van der Waals surface area contributed by atoms with Crippen LogP contribution >= 0.6 is 0 Å². The molecule has 128 valence electrons. The highest BCUT2D eigenvalue weighted by molar-refractivity contribution is 6.10. The van der Waals surface area contributed by atoms with Crippen LogP contribution in [0.1, 0.15) is 10.4 Å². The molecule has 0 bridgehead atoms. The normalized spacial score (nSPS) is 20.2. The minimum Gasteiger partial charge on any atom is -0.469 e. The van der Waals surface area contributed by atoms with Gasteiger partial charge in [-0.3, -0.25) is 9.59 Å². The molecule has 8 heteroatoms. The Hall–Kier alpha value is -2.64. The molecule has 2 atom stereocenters. The topological polar surface area (TPSA) is 69.7 Å². The van der Waals surface area contributed by atoms with E-state index in [1.165, 1.54) is 24.3 Å². The van der Waals surface area contributed by atoms with Gasteiger partial charge in [0.15, 0.2) is 5.78 Å². The van der Waals surface area contributed by atoms with Crippen LogP contribution in [0, 0.1) is 11.8 Å². The van der Waals surface area contributed by atoms with Gasteiger partial charge in [-0.05, 0) is 0 Å². The Morgan fingerprint density at radius 1 is 0.958 bits per heavy atom. The number of esters is 2. The van der Waals surface area contributed by atoms with Crippen LogP contribution in [-0.4, -0.2) is 38.1 Å². The predicted octanol–water partition coefficient (Wildman–Crippen LogP) is 2.32. The van der Waals surface area contributed by atoms with Gasteiger partial charge in [0.1, 0.15) is 5.92 Å². The predicted molar refractivity (Wildman–Crippen MR) is 74.9 cm³/mol. The molecule has 0 N–H and O–H groups in total. The highest BCUT2D eigenvalue weighted by Gasteiger charge is 2.61. The Morgan fingerprint density at radius 2 is 1.54 bits per heavy atom. The number of rotatable bonds is 4. The fourth-order valence-corrected chi connectivity index (χ4v) is 2.69. The summed E-state index contributed by atoms with van der Waals surface area (Å²) in [5, 5.41) is 0. The largest absolute Gasteiger partial charge is 0.469 e. The average Bonchev–Trinajstić information content (AvgIpc) is 2.52. The number of Topliss-reactive ketones (excluding diaryl/α,β-unsaturated/α-hetero) is 1. The van der Waals surface area contributed by atoms with E-state index in [-0.39, 0.29) is 5.56 Å². The Balaban J connectivity index is 2.58. The number of halogens is 3. The van der Waals surface area contributed by atoms with Crippen LogP contribution < -0.4 is 0 Å². The summed E-state index contributed by atoms with van der Waals surface area (Å²) in [7, 11) is 1.86. The summed E-state index contributed by atoms with van der Waals surface area (Å²) in [4.78, 5) is 36.0. The van der Waals surface area contributed by atoms with E-state index >= 15 is 0 Å². The number of alkyl halides is 3.